The fraction of sp³-hybridized carbons (Fsp3) is 0.273. The second kappa shape index (κ2) is 11.0. The number of thioether (sulfide) groups is 1. The van der Waals surface area contributed by atoms with E-state index in [1.165, 1.54) is 28.8 Å². The van der Waals surface area contributed by atoms with Crippen molar-refractivity contribution in [3.05, 3.63) is 76.3 Å². The Balaban J connectivity index is 1.78. The van der Waals surface area contributed by atoms with Crippen LogP contribution in [0.15, 0.2) is 48.8 Å². The molecule has 0 bridgehead atoms. The third-order valence-corrected chi connectivity index (χ3v) is 6.40. The number of carbonyl (C=O) groups is 2. The van der Waals surface area contributed by atoms with Gasteiger partial charge in [0.15, 0.2) is 5.13 Å². The molecule has 0 saturated carbocycles. The zero-order valence-corrected chi connectivity index (χ0v) is 18.8. The number of esters is 1. The summed E-state index contributed by atoms with van der Waals surface area (Å²) in [6.45, 7) is 3.93. The Hall–Kier alpha value is -2.78. The lowest BCUT2D eigenvalue weighted by molar-refractivity contribution is -0.116. The molecule has 6 nitrogen and oxygen atoms in total. The lowest BCUT2D eigenvalue weighted by Crippen LogP contribution is -2.32. The first-order valence-electron chi connectivity index (χ1n) is 9.64. The standard InChI is InChI=1S/C22H22FN3O3S2/c1-3-29-21(28)20-15(2)25-22(31-20)26(12-16-6-8-18(23)9-7-16)19(27)14-30-13-17-5-4-10-24-11-17/h4-11H,3,12-14H2,1-2H3. The highest BCUT2D eigenvalue weighted by molar-refractivity contribution is 7.99. The lowest BCUT2D eigenvalue weighted by atomic mass is 10.2. The maximum Gasteiger partial charge on any atom is 0.350 e. The SMILES string of the molecule is CCOC(=O)c1sc(N(Cc2ccc(F)cc2)C(=O)CSCc2cccnc2)nc1C. The van der Waals surface area contributed by atoms with Crippen LogP contribution in [0.2, 0.25) is 0 Å². The zero-order valence-electron chi connectivity index (χ0n) is 17.2. The average Bonchev–Trinajstić information content (AvgIpc) is 3.15. The van der Waals surface area contributed by atoms with Crippen LogP contribution in [0.25, 0.3) is 0 Å². The molecule has 0 saturated heterocycles. The van der Waals surface area contributed by atoms with Crippen molar-refractivity contribution in [3.8, 4) is 0 Å². The summed E-state index contributed by atoms with van der Waals surface area (Å²) < 4.78 is 18.4. The Bertz CT molecular complexity index is 1030. The van der Waals surface area contributed by atoms with Crippen molar-refractivity contribution in [2.75, 3.05) is 17.3 Å². The van der Waals surface area contributed by atoms with E-state index >= 15 is 0 Å². The molecule has 31 heavy (non-hydrogen) atoms. The van der Waals surface area contributed by atoms with Gasteiger partial charge in [-0.1, -0.05) is 29.5 Å². The van der Waals surface area contributed by atoms with Crippen molar-refractivity contribution in [3.63, 3.8) is 0 Å². The molecular formula is C22H22FN3O3S2. The molecular weight excluding hydrogens is 437 g/mol. The van der Waals surface area contributed by atoms with Gasteiger partial charge in [-0.15, -0.1) is 11.8 Å². The van der Waals surface area contributed by atoms with E-state index in [-0.39, 0.29) is 30.6 Å². The number of anilines is 1. The van der Waals surface area contributed by atoms with Gasteiger partial charge in [-0.3, -0.25) is 14.7 Å². The van der Waals surface area contributed by atoms with Gasteiger partial charge in [-0.2, -0.15) is 0 Å². The predicted molar refractivity (Wildman–Crippen MR) is 121 cm³/mol. The molecule has 2 aromatic heterocycles. The van der Waals surface area contributed by atoms with Crippen LogP contribution < -0.4 is 4.90 Å². The van der Waals surface area contributed by atoms with Gasteiger partial charge in [0.05, 0.1) is 24.6 Å². The number of hydrogen-bond acceptors (Lipinski definition) is 7. The van der Waals surface area contributed by atoms with Gasteiger partial charge in [0.25, 0.3) is 0 Å². The van der Waals surface area contributed by atoms with E-state index in [0.717, 1.165) is 22.5 Å². The summed E-state index contributed by atoms with van der Waals surface area (Å²) in [5, 5.41) is 0.414. The van der Waals surface area contributed by atoms with E-state index in [0.29, 0.717) is 21.5 Å². The van der Waals surface area contributed by atoms with Gasteiger partial charge < -0.3 is 4.74 Å². The van der Waals surface area contributed by atoms with Crippen molar-refractivity contribution in [2.24, 2.45) is 0 Å². The van der Waals surface area contributed by atoms with Gasteiger partial charge in [0, 0.05) is 18.1 Å². The highest BCUT2D eigenvalue weighted by atomic mass is 32.2. The minimum atomic E-state index is -0.455. The van der Waals surface area contributed by atoms with Gasteiger partial charge in [-0.05, 0) is 43.2 Å². The van der Waals surface area contributed by atoms with E-state index < -0.39 is 5.97 Å². The Kier molecular flexibility index (Phi) is 8.13. The third kappa shape index (κ3) is 6.35. The monoisotopic (exact) mass is 459 g/mol. The second-order valence-corrected chi connectivity index (χ2v) is 8.55. The molecule has 0 fully saturated rings. The number of carbonyl (C=O) groups excluding carboxylic acids is 2. The first-order chi connectivity index (χ1) is 15.0. The Morgan fingerprint density at radius 3 is 2.65 bits per heavy atom. The minimum absolute atomic E-state index is 0.151. The molecule has 0 N–H and O–H groups in total. The van der Waals surface area contributed by atoms with Crippen LogP contribution in [0.3, 0.4) is 0 Å². The van der Waals surface area contributed by atoms with Crippen LogP contribution in [0.4, 0.5) is 9.52 Å². The molecule has 162 valence electrons. The molecule has 0 aliphatic heterocycles. The Labute approximate surface area is 188 Å². The van der Waals surface area contributed by atoms with E-state index in [1.807, 2.05) is 12.1 Å². The predicted octanol–water partition coefficient (Wildman–Crippen LogP) is 4.63. The van der Waals surface area contributed by atoms with E-state index in [9.17, 15) is 14.0 Å². The highest BCUT2D eigenvalue weighted by Gasteiger charge is 2.24. The molecule has 0 aliphatic carbocycles. The largest absolute Gasteiger partial charge is 0.462 e. The summed E-state index contributed by atoms with van der Waals surface area (Å²) >= 11 is 2.59. The van der Waals surface area contributed by atoms with Crippen LogP contribution in [-0.2, 0) is 21.8 Å². The van der Waals surface area contributed by atoms with E-state index in [2.05, 4.69) is 9.97 Å². The van der Waals surface area contributed by atoms with Gasteiger partial charge in [0.1, 0.15) is 10.7 Å². The smallest absolute Gasteiger partial charge is 0.350 e. The number of amides is 1. The summed E-state index contributed by atoms with van der Waals surface area (Å²) in [6.07, 6.45) is 3.47. The van der Waals surface area contributed by atoms with Crippen LogP contribution >= 0.6 is 23.1 Å². The zero-order chi connectivity index (χ0) is 22.2. The van der Waals surface area contributed by atoms with Crippen LogP contribution in [0, 0.1) is 12.7 Å². The number of halogens is 1. The van der Waals surface area contributed by atoms with Crippen molar-refractivity contribution in [1.29, 1.82) is 0 Å². The first-order valence-corrected chi connectivity index (χ1v) is 11.6. The van der Waals surface area contributed by atoms with Crippen molar-refractivity contribution in [2.45, 2.75) is 26.1 Å². The lowest BCUT2D eigenvalue weighted by Gasteiger charge is -2.20. The highest BCUT2D eigenvalue weighted by Crippen LogP contribution is 2.29. The normalized spacial score (nSPS) is 10.7. The van der Waals surface area contributed by atoms with Gasteiger partial charge in [0.2, 0.25) is 5.91 Å². The molecule has 0 atom stereocenters. The third-order valence-electron chi connectivity index (χ3n) is 4.25. The maximum atomic E-state index is 13.3. The summed E-state index contributed by atoms with van der Waals surface area (Å²) in [6, 6.07) is 9.78. The van der Waals surface area contributed by atoms with Crippen LogP contribution in [0.1, 0.15) is 33.4 Å². The van der Waals surface area contributed by atoms with Crippen LogP contribution in [-0.4, -0.2) is 34.2 Å². The minimum Gasteiger partial charge on any atom is -0.462 e. The molecule has 3 rings (SSSR count). The molecule has 2 heterocycles. The van der Waals surface area contributed by atoms with Crippen LogP contribution in [0.5, 0.6) is 0 Å². The number of ether oxygens (including phenoxy) is 1. The summed E-state index contributed by atoms with van der Waals surface area (Å²) in [7, 11) is 0. The molecule has 0 radical (unpaired) electrons. The van der Waals surface area contributed by atoms with Gasteiger partial charge >= 0.3 is 5.97 Å². The van der Waals surface area contributed by atoms with E-state index in [1.54, 1.807) is 38.4 Å². The molecule has 0 aliphatic rings. The average molecular weight is 460 g/mol. The summed E-state index contributed by atoms with van der Waals surface area (Å²) in [5.41, 5.74) is 2.30. The van der Waals surface area contributed by atoms with Crippen molar-refractivity contribution >= 4 is 40.1 Å². The summed E-state index contributed by atoms with van der Waals surface area (Å²) in [4.78, 5) is 35.7. The Morgan fingerprint density at radius 1 is 1.19 bits per heavy atom. The molecule has 1 amide bonds. The first kappa shape index (κ1) is 22.9. The number of hydrogen-bond donors (Lipinski definition) is 0. The quantitative estimate of drug-likeness (QED) is 0.435. The Morgan fingerprint density at radius 2 is 1.97 bits per heavy atom. The second-order valence-electron chi connectivity index (χ2n) is 6.59. The summed E-state index contributed by atoms with van der Waals surface area (Å²) in [5.74, 6) is -0.0760. The molecule has 9 heteroatoms. The number of aromatic nitrogens is 2. The van der Waals surface area contributed by atoms with Gasteiger partial charge in [-0.25, -0.2) is 14.2 Å². The maximum absolute atomic E-state index is 13.3. The van der Waals surface area contributed by atoms with Crippen molar-refractivity contribution in [1.82, 2.24) is 9.97 Å². The topological polar surface area (TPSA) is 72.4 Å². The fourth-order valence-electron chi connectivity index (χ4n) is 2.74. The molecule has 1 aromatic carbocycles. The van der Waals surface area contributed by atoms with Crippen molar-refractivity contribution < 1.29 is 18.7 Å². The number of pyridine rings is 1. The fourth-order valence-corrected chi connectivity index (χ4v) is 4.55. The number of aryl methyl sites for hydroxylation is 1. The molecule has 0 spiro atoms. The number of rotatable bonds is 9. The van der Waals surface area contributed by atoms with E-state index in [4.69, 9.17) is 4.74 Å². The molecule has 3 aromatic rings. The number of nitrogens with zero attached hydrogens (tertiary/aromatic N) is 3. The molecule has 0 unspecified atom stereocenters. The number of thiazole rings is 1. The number of benzene rings is 1.